The summed E-state index contributed by atoms with van der Waals surface area (Å²) in [7, 11) is -7.60. The number of benzene rings is 2. The molecule has 0 aliphatic rings. The van der Waals surface area contributed by atoms with E-state index < -0.39 is 23.6 Å². The van der Waals surface area contributed by atoms with E-state index in [1.807, 2.05) is 0 Å². The van der Waals surface area contributed by atoms with E-state index in [0.29, 0.717) is 21.7 Å². The van der Waals surface area contributed by atoms with Crippen molar-refractivity contribution in [3.8, 4) is 0 Å². The number of sulfonamides is 1. The number of halogens is 3. The van der Waals surface area contributed by atoms with Crippen LogP contribution in [0.25, 0.3) is 4.49 Å². The Kier molecular flexibility index (Phi) is 10.4. The summed E-state index contributed by atoms with van der Waals surface area (Å²) in [6, 6.07) is 13.5. The van der Waals surface area contributed by atoms with E-state index >= 15 is 0 Å². The van der Waals surface area contributed by atoms with Crippen molar-refractivity contribution in [2.45, 2.75) is 40.1 Å². The predicted molar refractivity (Wildman–Crippen MR) is 119 cm³/mol. The van der Waals surface area contributed by atoms with Crippen molar-refractivity contribution >= 4 is 28.7 Å². The molecule has 168 valence electrons. The highest BCUT2D eigenvalue weighted by Gasteiger charge is 2.39. The first-order valence-corrected chi connectivity index (χ1v) is 12.5. The zero-order valence-corrected chi connectivity index (χ0v) is 19.7. The van der Waals surface area contributed by atoms with Crippen LogP contribution in [0.4, 0.5) is 13.2 Å². The Balaban J connectivity index is 0.000000553. The van der Waals surface area contributed by atoms with Crippen molar-refractivity contribution in [2.24, 2.45) is 0 Å². The lowest BCUT2D eigenvalue weighted by atomic mass is 10.2. The summed E-state index contributed by atoms with van der Waals surface area (Å²) in [4.78, 5) is 1.68. The topological polar surface area (TPSA) is 52.7 Å². The maximum absolute atomic E-state index is 12.8. The number of aryl methyl sites for hydroxylation is 2. The van der Waals surface area contributed by atoms with Crippen LogP contribution in [0.15, 0.2) is 48.5 Å². The Morgan fingerprint density at radius 1 is 0.833 bits per heavy atom. The first-order chi connectivity index (χ1) is 14.0. The van der Waals surface area contributed by atoms with Crippen molar-refractivity contribution in [1.29, 1.82) is 0 Å². The summed E-state index contributed by atoms with van der Waals surface area (Å²) in [6.07, 6.45) is 0. The molecule has 9 heteroatoms. The molecule has 0 heterocycles. The molecule has 0 saturated heterocycles. The van der Waals surface area contributed by atoms with Crippen LogP contribution in [-0.2, 0) is 10.0 Å². The molecule has 0 aliphatic carbocycles. The van der Waals surface area contributed by atoms with Gasteiger partial charge in [-0.1, -0.05) is 48.5 Å². The van der Waals surface area contributed by atoms with Gasteiger partial charge in [-0.05, 0) is 56.4 Å². The normalized spacial score (nSPS) is 12.1. The molecule has 0 radical (unpaired) electrons. The minimum Gasteiger partial charge on any atom is -0.508 e. The molecular formula is C21H30F3N2O2PS. The Morgan fingerprint density at radius 2 is 1.20 bits per heavy atom. The third-order valence-corrected chi connectivity index (χ3v) is 8.68. The number of hydrogen-bond acceptors (Lipinski definition) is 2. The van der Waals surface area contributed by atoms with Crippen molar-refractivity contribution in [2.75, 3.05) is 19.6 Å². The van der Waals surface area contributed by atoms with Gasteiger partial charge in [0, 0.05) is 0 Å². The summed E-state index contributed by atoms with van der Waals surface area (Å²) in [5, 5.41) is 0.981. The van der Waals surface area contributed by atoms with Gasteiger partial charge in [-0.3, -0.25) is 0 Å². The molecule has 4 nitrogen and oxygen atoms in total. The maximum Gasteiger partial charge on any atom is 0.480 e. The van der Waals surface area contributed by atoms with E-state index in [1.54, 1.807) is 67.3 Å². The molecule has 1 N–H and O–H groups in total. The average Bonchev–Trinajstić information content (AvgIpc) is 2.68. The van der Waals surface area contributed by atoms with Crippen molar-refractivity contribution in [3.63, 3.8) is 0 Å². The first kappa shape index (κ1) is 26.6. The Bertz CT molecular complexity index is 850. The summed E-state index contributed by atoms with van der Waals surface area (Å²) >= 11 is 0. The standard InChI is InChI=1S/C15H14F3NO2PS.C6H15N/c1-11-7-3-5-9-13(11)22(14-10-6-4-8-12(14)2)19-23(20,21)15(16,17)18;1-4-7(5-2)6-3/h3-10H,1-2H3;4-6H2,1-3H3/q-1;/p+1. The lowest BCUT2D eigenvalue weighted by molar-refractivity contribution is -0.894. The molecule has 0 aromatic heterocycles. The largest absolute Gasteiger partial charge is 0.508 e. The van der Waals surface area contributed by atoms with E-state index in [2.05, 4.69) is 25.3 Å². The Labute approximate surface area is 179 Å². The second-order valence-electron chi connectivity index (χ2n) is 6.70. The zero-order valence-electron chi connectivity index (χ0n) is 18.0. The second-order valence-corrected chi connectivity index (χ2v) is 10.4. The Hall–Kier alpha value is -1.47. The molecule has 2 rings (SSSR count). The summed E-state index contributed by atoms with van der Waals surface area (Å²) in [6.45, 7) is 13.9. The second kappa shape index (κ2) is 11.8. The fourth-order valence-corrected chi connectivity index (χ4v) is 6.19. The van der Waals surface area contributed by atoms with Gasteiger partial charge in [0.05, 0.1) is 19.6 Å². The number of hydrogen-bond donors (Lipinski definition) is 1. The van der Waals surface area contributed by atoms with Crippen LogP contribution in [0.3, 0.4) is 0 Å². The molecule has 0 bridgehead atoms. The quantitative estimate of drug-likeness (QED) is 0.637. The van der Waals surface area contributed by atoms with Gasteiger partial charge in [-0.15, -0.1) is 8.07 Å². The minimum atomic E-state index is -5.57. The molecule has 0 fully saturated rings. The number of nitrogens with zero attached hydrogens (tertiary/aromatic N) is 1. The monoisotopic (exact) mass is 462 g/mol. The summed E-state index contributed by atoms with van der Waals surface area (Å²) in [5.41, 5.74) is -4.01. The molecule has 0 amide bonds. The van der Waals surface area contributed by atoms with Gasteiger partial charge < -0.3 is 9.39 Å². The van der Waals surface area contributed by atoms with Crippen LogP contribution >= 0.6 is 8.07 Å². The minimum absolute atomic E-state index is 0.490. The van der Waals surface area contributed by atoms with Gasteiger partial charge in [0.25, 0.3) is 0 Å². The molecule has 2 aromatic carbocycles. The first-order valence-electron chi connectivity index (χ1n) is 9.77. The molecule has 0 spiro atoms. The van der Waals surface area contributed by atoms with Crippen LogP contribution in [-0.4, -0.2) is 33.6 Å². The van der Waals surface area contributed by atoms with E-state index in [0.717, 1.165) is 0 Å². The number of alkyl halides is 3. The third-order valence-electron chi connectivity index (χ3n) is 4.67. The molecule has 0 aliphatic heterocycles. The molecule has 0 unspecified atom stereocenters. The van der Waals surface area contributed by atoms with Gasteiger partial charge in [-0.2, -0.15) is 13.2 Å². The van der Waals surface area contributed by atoms with E-state index in [1.165, 1.54) is 19.6 Å². The molecule has 0 saturated carbocycles. The van der Waals surface area contributed by atoms with Crippen LogP contribution in [0.1, 0.15) is 31.9 Å². The van der Waals surface area contributed by atoms with E-state index in [9.17, 15) is 21.6 Å². The lowest BCUT2D eigenvalue weighted by Gasteiger charge is -2.35. The lowest BCUT2D eigenvalue weighted by Crippen LogP contribution is -3.11. The molecule has 0 atom stereocenters. The van der Waals surface area contributed by atoms with E-state index in [-0.39, 0.29) is 0 Å². The number of nitrogens with one attached hydrogen (secondary N) is 1. The molecule has 2 aromatic rings. The average molecular weight is 463 g/mol. The molecular weight excluding hydrogens is 432 g/mol. The smallest absolute Gasteiger partial charge is 0.480 e. The molecule has 30 heavy (non-hydrogen) atoms. The number of quaternary nitrogens is 1. The van der Waals surface area contributed by atoms with Crippen molar-refractivity contribution < 1.29 is 26.5 Å². The zero-order chi connectivity index (χ0) is 22.9. The predicted octanol–water partition coefficient (Wildman–Crippen LogP) is 3.81. The van der Waals surface area contributed by atoms with Crippen molar-refractivity contribution in [1.82, 2.24) is 0 Å². The van der Waals surface area contributed by atoms with Crippen molar-refractivity contribution in [3.05, 3.63) is 64.2 Å². The van der Waals surface area contributed by atoms with Gasteiger partial charge in [0.15, 0.2) is 10.0 Å². The van der Waals surface area contributed by atoms with Gasteiger partial charge >= 0.3 is 5.51 Å². The highest BCUT2D eigenvalue weighted by Crippen LogP contribution is 2.48. The third kappa shape index (κ3) is 7.34. The van der Waals surface area contributed by atoms with Gasteiger partial charge in [0.2, 0.25) is 0 Å². The summed E-state index contributed by atoms with van der Waals surface area (Å²) in [5.74, 6) is 0. The fourth-order valence-electron chi connectivity index (χ4n) is 2.72. The summed E-state index contributed by atoms with van der Waals surface area (Å²) < 4.78 is 64.6. The van der Waals surface area contributed by atoms with Crippen LogP contribution in [0.5, 0.6) is 0 Å². The highest BCUT2D eigenvalue weighted by atomic mass is 32.2. The van der Waals surface area contributed by atoms with Crippen LogP contribution in [0, 0.1) is 13.8 Å². The highest BCUT2D eigenvalue weighted by molar-refractivity contribution is 8.05. The van der Waals surface area contributed by atoms with E-state index in [4.69, 9.17) is 0 Å². The van der Waals surface area contributed by atoms with Gasteiger partial charge in [0.1, 0.15) is 0 Å². The Morgan fingerprint density at radius 3 is 1.47 bits per heavy atom. The van der Waals surface area contributed by atoms with Crippen LogP contribution < -0.4 is 15.5 Å². The van der Waals surface area contributed by atoms with Gasteiger partial charge in [-0.25, -0.2) is 8.42 Å². The fraction of sp³-hybridized carbons (Fsp3) is 0.429. The SMILES string of the molecule is CC[NH+](CC)CC.Cc1ccccc1P([N-]S(=O)(=O)C(F)(F)F)c1ccccc1C. The number of rotatable bonds is 7. The van der Waals surface area contributed by atoms with Crippen LogP contribution in [0.2, 0.25) is 0 Å². The maximum atomic E-state index is 12.8.